The Balaban J connectivity index is 2.30. The molecule has 0 atom stereocenters. The molecule has 1 amide bonds. The fraction of sp³-hybridized carbons (Fsp3) is 0.214. The number of amides is 1. The van der Waals surface area contributed by atoms with Crippen LogP contribution in [0.4, 0.5) is 5.69 Å². The summed E-state index contributed by atoms with van der Waals surface area (Å²) < 4.78 is 31.3. The number of benzene rings is 1. The van der Waals surface area contributed by atoms with Gasteiger partial charge < -0.3 is 9.73 Å². The van der Waals surface area contributed by atoms with E-state index >= 15 is 0 Å². The highest BCUT2D eigenvalue weighted by Gasteiger charge is 2.16. The Morgan fingerprint density at radius 1 is 1.14 bits per heavy atom. The maximum absolute atomic E-state index is 12.0. The fourth-order valence-electron chi connectivity index (χ4n) is 1.83. The molecule has 1 heterocycles. The first-order chi connectivity index (χ1) is 9.83. The van der Waals surface area contributed by atoms with Crippen LogP contribution in [0.1, 0.15) is 21.9 Å². The van der Waals surface area contributed by atoms with E-state index in [4.69, 9.17) is 4.42 Å². The van der Waals surface area contributed by atoms with E-state index in [9.17, 15) is 13.2 Å². The SMILES string of the molecule is CNS(=O)(=O)c1cc(NC(=O)c2ccc(C)o2)ccc1C. The molecule has 0 aliphatic carbocycles. The number of furan rings is 1. The molecule has 0 spiro atoms. The van der Waals surface area contributed by atoms with Crippen LogP contribution in [0.2, 0.25) is 0 Å². The number of aryl methyl sites for hydroxylation is 2. The van der Waals surface area contributed by atoms with E-state index in [1.165, 1.54) is 13.1 Å². The van der Waals surface area contributed by atoms with Gasteiger partial charge in [-0.2, -0.15) is 0 Å². The molecule has 21 heavy (non-hydrogen) atoms. The van der Waals surface area contributed by atoms with E-state index in [1.54, 1.807) is 38.1 Å². The van der Waals surface area contributed by atoms with E-state index in [2.05, 4.69) is 10.0 Å². The second kappa shape index (κ2) is 5.71. The Bertz CT molecular complexity index is 778. The lowest BCUT2D eigenvalue weighted by molar-refractivity contribution is 0.0995. The molecule has 0 fully saturated rings. The average Bonchev–Trinajstić information content (AvgIpc) is 2.87. The topological polar surface area (TPSA) is 88.4 Å². The third-order valence-electron chi connectivity index (χ3n) is 2.97. The number of hydrogen-bond donors (Lipinski definition) is 2. The molecule has 2 rings (SSSR count). The number of sulfonamides is 1. The van der Waals surface area contributed by atoms with Gasteiger partial charge in [-0.1, -0.05) is 6.07 Å². The molecule has 6 nitrogen and oxygen atoms in total. The van der Waals surface area contributed by atoms with Crippen LogP contribution in [0.5, 0.6) is 0 Å². The van der Waals surface area contributed by atoms with E-state index in [0.717, 1.165) is 0 Å². The first-order valence-corrected chi connectivity index (χ1v) is 7.74. The van der Waals surface area contributed by atoms with Gasteiger partial charge in [-0.05, 0) is 50.7 Å². The van der Waals surface area contributed by atoms with E-state index < -0.39 is 15.9 Å². The Labute approximate surface area is 123 Å². The Morgan fingerprint density at radius 2 is 1.86 bits per heavy atom. The summed E-state index contributed by atoms with van der Waals surface area (Å²) in [7, 11) is -2.23. The number of rotatable bonds is 4. The standard InChI is InChI=1S/C14H16N2O4S/c1-9-4-6-11(8-13(9)21(18,19)15-3)16-14(17)12-7-5-10(2)20-12/h4-8,15H,1-3H3,(H,16,17). The van der Waals surface area contributed by atoms with Crippen molar-refractivity contribution in [3.8, 4) is 0 Å². The Morgan fingerprint density at radius 3 is 2.43 bits per heavy atom. The second-order valence-corrected chi connectivity index (χ2v) is 6.41. The van der Waals surface area contributed by atoms with E-state index in [0.29, 0.717) is 17.0 Å². The minimum Gasteiger partial charge on any atom is -0.456 e. The lowest BCUT2D eigenvalue weighted by Crippen LogP contribution is -2.20. The minimum absolute atomic E-state index is 0.124. The summed E-state index contributed by atoms with van der Waals surface area (Å²) in [5.41, 5.74) is 0.977. The number of carbonyl (C=O) groups excluding carboxylic acids is 1. The lowest BCUT2D eigenvalue weighted by atomic mass is 10.2. The molecule has 0 bridgehead atoms. The minimum atomic E-state index is -3.57. The molecule has 0 saturated heterocycles. The largest absolute Gasteiger partial charge is 0.456 e. The zero-order valence-corrected chi connectivity index (χ0v) is 12.7. The molecule has 0 aliphatic rings. The highest BCUT2D eigenvalue weighted by Crippen LogP contribution is 2.20. The maximum atomic E-state index is 12.0. The predicted molar refractivity (Wildman–Crippen MR) is 78.8 cm³/mol. The molecular formula is C14H16N2O4S. The fourth-order valence-corrected chi connectivity index (χ4v) is 2.82. The normalized spacial score (nSPS) is 11.4. The molecule has 0 saturated carbocycles. The molecule has 0 radical (unpaired) electrons. The van der Waals surface area contributed by atoms with Crippen LogP contribution in [0.15, 0.2) is 39.6 Å². The molecule has 1 aromatic heterocycles. The van der Waals surface area contributed by atoms with Gasteiger partial charge >= 0.3 is 0 Å². The number of nitrogens with one attached hydrogen (secondary N) is 2. The summed E-state index contributed by atoms with van der Waals surface area (Å²) in [6, 6.07) is 7.92. The van der Waals surface area contributed by atoms with Gasteiger partial charge in [0.05, 0.1) is 4.90 Å². The second-order valence-electron chi connectivity index (χ2n) is 4.55. The first kappa shape index (κ1) is 15.3. The van der Waals surface area contributed by atoms with Crippen molar-refractivity contribution in [2.45, 2.75) is 18.7 Å². The smallest absolute Gasteiger partial charge is 0.291 e. The predicted octanol–water partition coefficient (Wildman–Crippen LogP) is 2.06. The zero-order chi connectivity index (χ0) is 15.6. The average molecular weight is 308 g/mol. The van der Waals surface area contributed by atoms with Gasteiger partial charge in [-0.3, -0.25) is 4.79 Å². The van der Waals surface area contributed by atoms with Gasteiger partial charge in [-0.25, -0.2) is 13.1 Å². The molecule has 2 aromatic rings. The molecule has 1 aromatic carbocycles. The summed E-state index contributed by atoms with van der Waals surface area (Å²) in [5, 5.41) is 2.61. The van der Waals surface area contributed by atoms with E-state index in [-0.39, 0.29) is 10.7 Å². The molecule has 0 unspecified atom stereocenters. The highest BCUT2D eigenvalue weighted by atomic mass is 32.2. The van der Waals surface area contributed by atoms with Gasteiger partial charge in [0.25, 0.3) is 5.91 Å². The lowest BCUT2D eigenvalue weighted by Gasteiger charge is -2.09. The number of anilines is 1. The van der Waals surface area contributed by atoms with Crippen LogP contribution in [0, 0.1) is 13.8 Å². The monoisotopic (exact) mass is 308 g/mol. The van der Waals surface area contributed by atoms with Crippen LogP contribution >= 0.6 is 0 Å². The van der Waals surface area contributed by atoms with Crippen molar-refractivity contribution in [1.29, 1.82) is 0 Å². The quantitative estimate of drug-likeness (QED) is 0.905. The number of hydrogen-bond acceptors (Lipinski definition) is 4. The Hall–Kier alpha value is -2.12. The van der Waals surface area contributed by atoms with Crippen molar-refractivity contribution in [2.24, 2.45) is 0 Å². The van der Waals surface area contributed by atoms with Crippen molar-refractivity contribution in [1.82, 2.24) is 4.72 Å². The summed E-state index contributed by atoms with van der Waals surface area (Å²) in [6.07, 6.45) is 0. The summed E-state index contributed by atoms with van der Waals surface area (Å²) in [5.74, 6) is 0.369. The highest BCUT2D eigenvalue weighted by molar-refractivity contribution is 7.89. The van der Waals surface area contributed by atoms with Crippen LogP contribution in [-0.2, 0) is 10.0 Å². The molecule has 112 valence electrons. The van der Waals surface area contributed by atoms with Gasteiger partial charge in [0.1, 0.15) is 5.76 Å². The van der Waals surface area contributed by atoms with Crippen LogP contribution in [-0.4, -0.2) is 21.4 Å². The van der Waals surface area contributed by atoms with Crippen molar-refractivity contribution < 1.29 is 17.6 Å². The van der Waals surface area contributed by atoms with E-state index in [1.807, 2.05) is 0 Å². The number of carbonyl (C=O) groups is 1. The van der Waals surface area contributed by atoms with Crippen LogP contribution in [0.3, 0.4) is 0 Å². The molecule has 0 aliphatic heterocycles. The van der Waals surface area contributed by atoms with Crippen molar-refractivity contribution in [3.05, 3.63) is 47.4 Å². The van der Waals surface area contributed by atoms with Gasteiger partial charge in [0.2, 0.25) is 10.0 Å². The van der Waals surface area contributed by atoms with Gasteiger partial charge in [-0.15, -0.1) is 0 Å². The summed E-state index contributed by atoms with van der Waals surface area (Å²) in [6.45, 7) is 3.42. The Kier molecular flexibility index (Phi) is 4.15. The summed E-state index contributed by atoms with van der Waals surface area (Å²) >= 11 is 0. The van der Waals surface area contributed by atoms with Crippen molar-refractivity contribution >= 4 is 21.6 Å². The molecule has 7 heteroatoms. The molecular weight excluding hydrogens is 292 g/mol. The van der Waals surface area contributed by atoms with Crippen LogP contribution in [0.25, 0.3) is 0 Å². The van der Waals surface area contributed by atoms with Gasteiger partial charge in [0.15, 0.2) is 5.76 Å². The van der Waals surface area contributed by atoms with Crippen molar-refractivity contribution in [3.63, 3.8) is 0 Å². The third kappa shape index (κ3) is 3.32. The summed E-state index contributed by atoms with van der Waals surface area (Å²) in [4.78, 5) is 12.1. The van der Waals surface area contributed by atoms with Gasteiger partial charge in [0, 0.05) is 5.69 Å². The first-order valence-electron chi connectivity index (χ1n) is 6.25. The zero-order valence-electron chi connectivity index (χ0n) is 11.9. The maximum Gasteiger partial charge on any atom is 0.291 e. The van der Waals surface area contributed by atoms with Crippen LogP contribution < -0.4 is 10.0 Å². The van der Waals surface area contributed by atoms with Crippen molar-refractivity contribution in [2.75, 3.05) is 12.4 Å². The molecule has 2 N–H and O–H groups in total. The third-order valence-corrected chi connectivity index (χ3v) is 4.52.